The molecule has 0 aliphatic carbocycles. The number of rotatable bonds is 6. The molecule has 7 nitrogen and oxygen atoms in total. The molecule has 0 radical (unpaired) electrons. The molecule has 28 heavy (non-hydrogen) atoms. The number of ether oxygens (including phenoxy) is 1. The van der Waals surface area contributed by atoms with Crippen LogP contribution < -0.4 is 11.1 Å². The number of carbonyl (C=O) groups excluding carboxylic acids is 3. The van der Waals surface area contributed by atoms with Crippen LogP contribution in [-0.4, -0.2) is 55.0 Å². The fourth-order valence-corrected chi connectivity index (χ4v) is 4.01. The molecule has 1 fully saturated rings. The Morgan fingerprint density at radius 2 is 1.82 bits per heavy atom. The van der Waals surface area contributed by atoms with Crippen molar-refractivity contribution in [3.8, 4) is 0 Å². The summed E-state index contributed by atoms with van der Waals surface area (Å²) >= 11 is 0. The van der Waals surface area contributed by atoms with E-state index in [0.29, 0.717) is 18.5 Å². The molecule has 7 heteroatoms. The fourth-order valence-electron chi connectivity index (χ4n) is 4.01. The van der Waals surface area contributed by atoms with Crippen LogP contribution in [-0.2, 0) is 19.1 Å². The van der Waals surface area contributed by atoms with Crippen molar-refractivity contribution in [2.45, 2.75) is 66.0 Å². The summed E-state index contributed by atoms with van der Waals surface area (Å²) in [6.45, 7) is 12.0. The second kappa shape index (κ2) is 9.07. The maximum Gasteiger partial charge on any atom is 0.328 e. The third-order valence-electron chi connectivity index (χ3n) is 5.84. The van der Waals surface area contributed by atoms with Crippen molar-refractivity contribution in [3.05, 3.63) is 11.6 Å². The van der Waals surface area contributed by atoms with Crippen LogP contribution in [0.4, 0.5) is 0 Å². The summed E-state index contributed by atoms with van der Waals surface area (Å²) in [5.41, 5.74) is 5.46. The fraction of sp³-hybridized carbons (Fsp3) is 0.762. The minimum Gasteiger partial charge on any atom is -0.467 e. The van der Waals surface area contributed by atoms with Crippen LogP contribution in [0.15, 0.2) is 11.6 Å². The molecule has 1 rings (SSSR count). The number of nitrogens with two attached hydrogens (primary N) is 1. The van der Waals surface area contributed by atoms with Crippen LogP contribution in [0.3, 0.4) is 0 Å². The molecule has 1 saturated heterocycles. The molecule has 0 aromatic heterocycles. The topological polar surface area (TPSA) is 102 Å². The molecule has 3 N–H and O–H groups in total. The number of likely N-dealkylation sites (tertiary alicyclic amines) is 1. The van der Waals surface area contributed by atoms with E-state index in [1.54, 1.807) is 24.9 Å². The Bertz CT molecular complexity index is 636. The normalized spacial score (nSPS) is 21.3. The zero-order valence-corrected chi connectivity index (χ0v) is 18.6. The molecule has 160 valence electrons. The maximum atomic E-state index is 13.1. The second-order valence-electron chi connectivity index (χ2n) is 9.00. The standard InChI is InChI=1S/C21H37N3O4/c1-13(2)15(21(22,19(27)23-7)20(4,5)6)12-14(3)17(25)24-11-9-10-16(24)18(26)28-8/h12-13,15-16H,9-11,22H2,1-8H3,(H,23,27)/b14-12+/t15-,16+,21-/m1/s1. The van der Waals surface area contributed by atoms with Crippen LogP contribution in [0, 0.1) is 17.3 Å². The summed E-state index contributed by atoms with van der Waals surface area (Å²) in [4.78, 5) is 39.4. The lowest BCUT2D eigenvalue weighted by molar-refractivity contribution is -0.149. The molecule has 0 saturated carbocycles. The minimum absolute atomic E-state index is 0.0271. The number of esters is 1. The number of hydrogen-bond acceptors (Lipinski definition) is 5. The highest BCUT2D eigenvalue weighted by Crippen LogP contribution is 2.40. The van der Waals surface area contributed by atoms with E-state index >= 15 is 0 Å². The summed E-state index contributed by atoms with van der Waals surface area (Å²) in [6.07, 6.45) is 3.16. The number of likely N-dealkylation sites (N-methyl/N-ethyl adjacent to an activating group) is 1. The van der Waals surface area contributed by atoms with E-state index in [-0.39, 0.29) is 23.7 Å². The summed E-state index contributed by atoms with van der Waals surface area (Å²) in [6, 6.07) is -0.553. The van der Waals surface area contributed by atoms with Gasteiger partial charge in [0.15, 0.2) is 0 Å². The van der Waals surface area contributed by atoms with Crippen molar-refractivity contribution in [2.24, 2.45) is 23.0 Å². The predicted octanol–water partition coefficient (Wildman–Crippen LogP) is 1.86. The summed E-state index contributed by atoms with van der Waals surface area (Å²) in [7, 11) is 2.90. The van der Waals surface area contributed by atoms with Crippen molar-refractivity contribution in [1.29, 1.82) is 0 Å². The molecule has 0 aromatic rings. The van der Waals surface area contributed by atoms with Crippen molar-refractivity contribution in [2.75, 3.05) is 20.7 Å². The highest BCUT2D eigenvalue weighted by Gasteiger charge is 2.51. The Hall–Kier alpha value is -1.89. The van der Waals surface area contributed by atoms with Crippen molar-refractivity contribution < 1.29 is 19.1 Å². The molecule has 0 aromatic carbocycles. The van der Waals surface area contributed by atoms with Crippen molar-refractivity contribution in [1.82, 2.24) is 10.2 Å². The third-order valence-corrected chi connectivity index (χ3v) is 5.84. The Morgan fingerprint density at radius 1 is 1.25 bits per heavy atom. The lowest BCUT2D eigenvalue weighted by Gasteiger charge is -2.46. The Morgan fingerprint density at radius 3 is 2.25 bits per heavy atom. The summed E-state index contributed by atoms with van der Waals surface area (Å²) in [5.74, 6) is -1.21. The van der Waals surface area contributed by atoms with Crippen molar-refractivity contribution >= 4 is 17.8 Å². The maximum absolute atomic E-state index is 13.1. The quantitative estimate of drug-likeness (QED) is 0.528. The molecule has 0 spiro atoms. The van der Waals surface area contributed by atoms with Crippen LogP contribution >= 0.6 is 0 Å². The number of carbonyl (C=O) groups is 3. The highest BCUT2D eigenvalue weighted by atomic mass is 16.5. The third kappa shape index (κ3) is 4.57. The average molecular weight is 396 g/mol. The molecule has 0 unspecified atom stereocenters. The number of amides is 2. The van der Waals surface area contributed by atoms with E-state index in [1.165, 1.54) is 7.11 Å². The van der Waals surface area contributed by atoms with Crippen LogP contribution in [0.2, 0.25) is 0 Å². The van der Waals surface area contributed by atoms with Gasteiger partial charge in [0.1, 0.15) is 11.6 Å². The van der Waals surface area contributed by atoms with E-state index in [0.717, 1.165) is 6.42 Å². The van der Waals surface area contributed by atoms with Gasteiger partial charge in [0.05, 0.1) is 7.11 Å². The van der Waals surface area contributed by atoms with Crippen LogP contribution in [0.5, 0.6) is 0 Å². The minimum atomic E-state index is -1.20. The van der Waals surface area contributed by atoms with E-state index in [1.807, 2.05) is 34.6 Å². The lowest BCUT2D eigenvalue weighted by atomic mass is 9.62. The monoisotopic (exact) mass is 395 g/mol. The molecular formula is C21H37N3O4. The van der Waals surface area contributed by atoms with Gasteiger partial charge in [-0.2, -0.15) is 0 Å². The second-order valence-corrected chi connectivity index (χ2v) is 9.00. The van der Waals surface area contributed by atoms with Gasteiger partial charge >= 0.3 is 5.97 Å². The Labute approximate surface area is 169 Å². The zero-order valence-electron chi connectivity index (χ0n) is 18.6. The predicted molar refractivity (Wildman–Crippen MR) is 109 cm³/mol. The van der Waals surface area contributed by atoms with Gasteiger partial charge in [0.25, 0.3) is 0 Å². The van der Waals surface area contributed by atoms with Gasteiger partial charge in [0.2, 0.25) is 11.8 Å². The molecule has 1 aliphatic rings. The van der Waals surface area contributed by atoms with E-state index in [4.69, 9.17) is 10.5 Å². The molecular weight excluding hydrogens is 358 g/mol. The van der Waals surface area contributed by atoms with Gasteiger partial charge < -0.3 is 20.7 Å². The first-order chi connectivity index (χ1) is 12.8. The molecule has 0 bridgehead atoms. The Kier molecular flexibility index (Phi) is 7.82. The van der Waals surface area contributed by atoms with Gasteiger partial charge in [-0.15, -0.1) is 0 Å². The first-order valence-electron chi connectivity index (χ1n) is 9.91. The number of nitrogens with one attached hydrogen (secondary N) is 1. The highest BCUT2D eigenvalue weighted by molar-refractivity contribution is 5.96. The van der Waals surface area contributed by atoms with Gasteiger partial charge in [0, 0.05) is 25.1 Å². The average Bonchev–Trinajstić information content (AvgIpc) is 3.11. The van der Waals surface area contributed by atoms with E-state index in [2.05, 4.69) is 5.32 Å². The molecule has 3 atom stereocenters. The molecule has 1 aliphatic heterocycles. The van der Waals surface area contributed by atoms with Gasteiger partial charge in [-0.3, -0.25) is 9.59 Å². The van der Waals surface area contributed by atoms with Crippen molar-refractivity contribution in [3.63, 3.8) is 0 Å². The summed E-state index contributed by atoms with van der Waals surface area (Å²) in [5, 5.41) is 2.68. The van der Waals surface area contributed by atoms with Crippen LogP contribution in [0.1, 0.15) is 54.4 Å². The van der Waals surface area contributed by atoms with E-state index < -0.39 is 23.0 Å². The number of methoxy groups -OCH3 is 1. The smallest absolute Gasteiger partial charge is 0.328 e. The largest absolute Gasteiger partial charge is 0.467 e. The molecule has 1 heterocycles. The Balaban J connectivity index is 3.32. The molecule has 2 amide bonds. The number of nitrogens with zero attached hydrogens (tertiary/aromatic N) is 1. The summed E-state index contributed by atoms with van der Waals surface area (Å²) < 4.78 is 4.83. The van der Waals surface area contributed by atoms with Crippen LogP contribution in [0.25, 0.3) is 0 Å². The van der Waals surface area contributed by atoms with E-state index in [9.17, 15) is 14.4 Å². The number of hydrogen-bond donors (Lipinski definition) is 2. The first kappa shape index (κ1) is 24.1. The van der Waals surface area contributed by atoms with Gasteiger partial charge in [-0.1, -0.05) is 40.7 Å². The zero-order chi connectivity index (χ0) is 21.9. The SMILES string of the molecule is CNC(=O)[C@](N)([C@H](/C=C(\C)C(=O)N1CCC[C@H]1C(=O)OC)C(C)C)C(C)(C)C. The lowest BCUT2D eigenvalue weighted by Crippen LogP contribution is -2.66. The van der Waals surface area contributed by atoms with Gasteiger partial charge in [-0.25, -0.2) is 4.79 Å². The van der Waals surface area contributed by atoms with Gasteiger partial charge in [-0.05, 0) is 31.1 Å². The first-order valence-corrected chi connectivity index (χ1v) is 9.91.